The molecule has 194 valence electrons. The zero-order chi connectivity index (χ0) is 25.0. The third kappa shape index (κ3) is 4.22. The Bertz CT molecular complexity index is 945. The van der Waals surface area contributed by atoms with Gasteiger partial charge in [0.2, 0.25) is 0 Å². The lowest BCUT2D eigenvalue weighted by Crippen LogP contribution is -2.53. The maximum Gasteiger partial charge on any atom is 0.128 e. The predicted molar refractivity (Wildman–Crippen MR) is 137 cm³/mol. The topological polar surface area (TPSA) is 60.7 Å². The predicted octanol–water partition coefficient (Wildman–Crippen LogP) is 6.58. The summed E-state index contributed by atoms with van der Waals surface area (Å²) < 4.78 is 14.0. The van der Waals surface area contributed by atoms with Gasteiger partial charge in [-0.1, -0.05) is 57.9 Å². The molecule has 3 fully saturated rings. The Morgan fingerprint density at radius 2 is 1.77 bits per heavy atom. The van der Waals surface area contributed by atoms with E-state index in [4.69, 9.17) is 0 Å². The molecule has 1 aromatic carbocycles. The van der Waals surface area contributed by atoms with Crippen LogP contribution in [0.2, 0.25) is 0 Å². The van der Waals surface area contributed by atoms with Gasteiger partial charge in [0.15, 0.2) is 0 Å². The van der Waals surface area contributed by atoms with E-state index in [1.807, 2.05) is 0 Å². The average Bonchev–Trinajstić information content (AvgIpc) is 3.19. The third-order valence-electron chi connectivity index (χ3n) is 11.3. The van der Waals surface area contributed by atoms with Crippen molar-refractivity contribution in [3.05, 3.63) is 47.3 Å². The first-order valence-corrected chi connectivity index (χ1v) is 14.2. The molecule has 5 rings (SSSR count). The molecule has 0 amide bonds. The summed E-state index contributed by atoms with van der Waals surface area (Å²) >= 11 is 0. The molecule has 0 aromatic heterocycles. The quantitative estimate of drug-likeness (QED) is 0.400. The molecule has 0 spiro atoms. The summed E-state index contributed by atoms with van der Waals surface area (Å²) in [6, 6.07) is 6.58. The van der Waals surface area contributed by atoms with Crippen LogP contribution in [0, 0.1) is 46.2 Å². The van der Waals surface area contributed by atoms with Crippen LogP contribution in [0.4, 0.5) is 4.39 Å². The summed E-state index contributed by atoms with van der Waals surface area (Å²) in [5, 5.41) is 31.5. The number of rotatable bonds is 6. The molecule has 0 aliphatic heterocycles. The molecule has 3 nitrogen and oxygen atoms in total. The second-order valence-electron chi connectivity index (χ2n) is 12.9. The molecule has 10 atom stereocenters. The number of aliphatic hydroxyl groups is 3. The molecule has 3 saturated carbocycles. The number of aliphatic hydroxyl groups excluding tert-OH is 3. The Morgan fingerprint density at radius 3 is 2.54 bits per heavy atom. The highest BCUT2D eigenvalue weighted by atomic mass is 19.1. The van der Waals surface area contributed by atoms with Crippen molar-refractivity contribution in [3.8, 4) is 0 Å². The van der Waals surface area contributed by atoms with Crippen LogP contribution in [0.5, 0.6) is 0 Å². The Kier molecular flexibility index (Phi) is 6.96. The van der Waals surface area contributed by atoms with Gasteiger partial charge in [0.05, 0.1) is 12.2 Å². The summed E-state index contributed by atoms with van der Waals surface area (Å²) in [6.07, 6.45) is 10.7. The highest BCUT2D eigenvalue weighted by Crippen LogP contribution is 2.67. The van der Waals surface area contributed by atoms with Crippen molar-refractivity contribution in [2.75, 3.05) is 0 Å². The maximum atomic E-state index is 14.0. The molecule has 1 unspecified atom stereocenters. The number of halogens is 1. The van der Waals surface area contributed by atoms with Crippen molar-refractivity contribution in [3.63, 3.8) is 0 Å². The van der Waals surface area contributed by atoms with Gasteiger partial charge in [-0.05, 0) is 103 Å². The lowest BCUT2D eigenvalue weighted by atomic mass is 9.46. The first-order chi connectivity index (χ1) is 16.7. The van der Waals surface area contributed by atoms with Gasteiger partial charge in [0.25, 0.3) is 0 Å². The van der Waals surface area contributed by atoms with Crippen molar-refractivity contribution in [2.24, 2.45) is 40.4 Å². The van der Waals surface area contributed by atoms with Gasteiger partial charge in [-0.15, -0.1) is 0 Å². The van der Waals surface area contributed by atoms with Gasteiger partial charge in [-0.2, -0.15) is 0 Å². The first-order valence-electron chi connectivity index (χ1n) is 14.2. The molecule has 4 aliphatic rings. The zero-order valence-electron chi connectivity index (χ0n) is 21.8. The fourth-order valence-corrected chi connectivity index (χ4v) is 9.43. The van der Waals surface area contributed by atoms with E-state index in [-0.39, 0.29) is 11.2 Å². The molecule has 1 aromatic rings. The van der Waals surface area contributed by atoms with E-state index in [1.165, 1.54) is 31.7 Å². The van der Waals surface area contributed by atoms with E-state index in [0.717, 1.165) is 37.2 Å². The Balaban J connectivity index is 1.24. The molecule has 0 heterocycles. The van der Waals surface area contributed by atoms with Crippen LogP contribution in [-0.4, -0.2) is 27.5 Å². The molecular weight excluding hydrogens is 439 g/mol. The van der Waals surface area contributed by atoms with Crippen LogP contribution in [0.1, 0.15) is 96.6 Å². The minimum absolute atomic E-state index is 0.0371. The molecule has 4 heteroatoms. The summed E-state index contributed by atoms with van der Waals surface area (Å²) in [4.78, 5) is 0. The molecule has 0 radical (unpaired) electrons. The second-order valence-corrected chi connectivity index (χ2v) is 12.9. The number of allylic oxidation sites excluding steroid dienone is 1. The van der Waals surface area contributed by atoms with E-state index in [0.29, 0.717) is 47.5 Å². The SMILES string of the molecule is C[C@H](CCCC(O)c1ccccc1F)[C@H]1CC[C@H]2[C@@H]3CC=C4[C@@H](O)[C@@H](O)CC[C@]4(C)[C@H]3CC[C@]12C. The van der Waals surface area contributed by atoms with Crippen LogP contribution in [0.25, 0.3) is 0 Å². The summed E-state index contributed by atoms with van der Waals surface area (Å²) in [5.41, 5.74) is 1.94. The summed E-state index contributed by atoms with van der Waals surface area (Å²) in [5.74, 6) is 3.03. The van der Waals surface area contributed by atoms with Gasteiger partial charge in [-0.3, -0.25) is 0 Å². The van der Waals surface area contributed by atoms with Gasteiger partial charge >= 0.3 is 0 Å². The number of benzene rings is 1. The van der Waals surface area contributed by atoms with Crippen molar-refractivity contribution in [1.29, 1.82) is 0 Å². The molecule has 0 bridgehead atoms. The molecule has 0 saturated heterocycles. The molecular formula is C31H45FO3. The number of hydrogen-bond donors (Lipinski definition) is 3. The summed E-state index contributed by atoms with van der Waals surface area (Å²) in [6.45, 7) is 7.32. The van der Waals surface area contributed by atoms with Crippen LogP contribution < -0.4 is 0 Å². The van der Waals surface area contributed by atoms with E-state index in [1.54, 1.807) is 18.2 Å². The summed E-state index contributed by atoms with van der Waals surface area (Å²) in [7, 11) is 0. The fraction of sp³-hybridized carbons (Fsp3) is 0.742. The molecule has 35 heavy (non-hydrogen) atoms. The first kappa shape index (κ1) is 25.4. The number of fused-ring (bicyclic) bond motifs is 5. The van der Waals surface area contributed by atoms with Crippen LogP contribution in [-0.2, 0) is 0 Å². The van der Waals surface area contributed by atoms with Crippen LogP contribution in [0.15, 0.2) is 35.9 Å². The normalized spacial score (nSPS) is 42.4. The van der Waals surface area contributed by atoms with Gasteiger partial charge < -0.3 is 15.3 Å². The van der Waals surface area contributed by atoms with Gasteiger partial charge in [0.1, 0.15) is 11.9 Å². The van der Waals surface area contributed by atoms with Gasteiger partial charge in [-0.25, -0.2) is 4.39 Å². The Labute approximate surface area is 210 Å². The largest absolute Gasteiger partial charge is 0.390 e. The van der Waals surface area contributed by atoms with Gasteiger partial charge in [0, 0.05) is 5.56 Å². The zero-order valence-corrected chi connectivity index (χ0v) is 21.8. The highest BCUT2D eigenvalue weighted by Gasteiger charge is 2.60. The Hall–Kier alpha value is -1.23. The molecule has 4 aliphatic carbocycles. The fourth-order valence-electron chi connectivity index (χ4n) is 9.43. The van der Waals surface area contributed by atoms with E-state index < -0.39 is 18.3 Å². The van der Waals surface area contributed by atoms with Crippen molar-refractivity contribution >= 4 is 0 Å². The Morgan fingerprint density at radius 1 is 1.00 bits per heavy atom. The number of hydrogen-bond acceptors (Lipinski definition) is 3. The highest BCUT2D eigenvalue weighted by molar-refractivity contribution is 5.29. The minimum Gasteiger partial charge on any atom is -0.390 e. The van der Waals surface area contributed by atoms with Crippen LogP contribution >= 0.6 is 0 Å². The second kappa shape index (κ2) is 9.58. The smallest absolute Gasteiger partial charge is 0.128 e. The molecule has 3 N–H and O–H groups in total. The maximum absolute atomic E-state index is 14.0. The van der Waals surface area contributed by atoms with E-state index in [9.17, 15) is 19.7 Å². The van der Waals surface area contributed by atoms with E-state index in [2.05, 4.69) is 26.8 Å². The van der Waals surface area contributed by atoms with Crippen LogP contribution in [0.3, 0.4) is 0 Å². The lowest BCUT2D eigenvalue weighted by Gasteiger charge is -2.59. The monoisotopic (exact) mass is 484 g/mol. The van der Waals surface area contributed by atoms with Crippen molar-refractivity contribution < 1.29 is 19.7 Å². The third-order valence-corrected chi connectivity index (χ3v) is 11.3. The minimum atomic E-state index is -0.723. The average molecular weight is 485 g/mol. The standard InChI is InChI=1S/C31H45FO3/c1-19(7-6-10-27(33)21-8-4-5-9-26(21)32)22-13-14-23-20-11-12-25-29(35)28(34)16-18-31(25,3)24(20)15-17-30(22,23)2/h4-5,8-9,12,19-20,22-24,27-29,33-35H,6-7,10-11,13-18H2,1-3H3/t19-,20+,22-,23+,24+,27?,28+,29-,30-,31-/m1/s1. The van der Waals surface area contributed by atoms with Crippen molar-refractivity contribution in [2.45, 2.75) is 103 Å². The lowest BCUT2D eigenvalue weighted by molar-refractivity contribution is -0.0801. The van der Waals surface area contributed by atoms with E-state index >= 15 is 0 Å². The van der Waals surface area contributed by atoms with Crippen molar-refractivity contribution in [1.82, 2.24) is 0 Å².